The summed E-state index contributed by atoms with van der Waals surface area (Å²) in [6.07, 6.45) is 4.52. The Bertz CT molecular complexity index is 371. The molecular formula is C18H32O. The van der Waals surface area contributed by atoms with Gasteiger partial charge in [0.1, 0.15) is 0 Å². The second-order valence-electron chi connectivity index (χ2n) is 7.34. The zero-order valence-corrected chi connectivity index (χ0v) is 14.0. The normalized spacial score (nSPS) is 28.4. The summed E-state index contributed by atoms with van der Waals surface area (Å²) in [5.74, 6) is 1.88. The van der Waals surface area contributed by atoms with Crippen LogP contribution in [0.1, 0.15) is 55.4 Å². The molecule has 0 radical (unpaired) electrons. The fraction of sp³-hybridized carbons (Fsp3) is 0.778. The van der Waals surface area contributed by atoms with E-state index in [1.54, 1.807) is 0 Å². The van der Waals surface area contributed by atoms with Crippen LogP contribution in [-0.2, 0) is 0 Å². The minimum absolute atomic E-state index is 0.215. The molecule has 2 atom stereocenters. The summed E-state index contributed by atoms with van der Waals surface area (Å²) in [5, 5.41) is 11.2. The van der Waals surface area contributed by atoms with Gasteiger partial charge in [0.05, 0.1) is 5.60 Å². The molecular weight excluding hydrogens is 232 g/mol. The van der Waals surface area contributed by atoms with Gasteiger partial charge in [0.15, 0.2) is 0 Å². The first-order valence-electron chi connectivity index (χ1n) is 7.78. The van der Waals surface area contributed by atoms with Crippen molar-refractivity contribution < 1.29 is 5.11 Å². The van der Waals surface area contributed by atoms with E-state index in [0.29, 0.717) is 17.8 Å². The minimum Gasteiger partial charge on any atom is -0.385 e. The molecule has 0 saturated heterocycles. The molecule has 110 valence electrons. The number of aliphatic hydroxyl groups is 1. The van der Waals surface area contributed by atoms with E-state index >= 15 is 0 Å². The summed E-state index contributed by atoms with van der Waals surface area (Å²) in [6.45, 7) is 17.6. The SMILES string of the molecule is CC(C)C1=CC(C(C)C)C(O)(C(C)C)C=C1C(C)C. The Hall–Kier alpha value is -0.560. The Balaban J connectivity index is 3.36. The van der Waals surface area contributed by atoms with Gasteiger partial charge in [0.2, 0.25) is 0 Å². The molecule has 0 bridgehead atoms. The van der Waals surface area contributed by atoms with Crippen LogP contribution >= 0.6 is 0 Å². The van der Waals surface area contributed by atoms with Gasteiger partial charge in [0, 0.05) is 5.92 Å². The van der Waals surface area contributed by atoms with Gasteiger partial charge >= 0.3 is 0 Å². The smallest absolute Gasteiger partial charge is 0.0921 e. The van der Waals surface area contributed by atoms with E-state index in [1.807, 2.05) is 0 Å². The van der Waals surface area contributed by atoms with E-state index in [2.05, 4.69) is 67.5 Å². The Kier molecular flexibility index (Phi) is 5.06. The first kappa shape index (κ1) is 16.5. The third-order valence-corrected chi connectivity index (χ3v) is 4.50. The van der Waals surface area contributed by atoms with Crippen molar-refractivity contribution in [2.24, 2.45) is 29.6 Å². The summed E-state index contributed by atoms with van der Waals surface area (Å²) in [6, 6.07) is 0. The van der Waals surface area contributed by atoms with Gasteiger partial charge < -0.3 is 5.11 Å². The number of hydrogen-bond donors (Lipinski definition) is 1. The number of allylic oxidation sites excluding steroid dienone is 2. The van der Waals surface area contributed by atoms with Crippen LogP contribution in [0.3, 0.4) is 0 Å². The van der Waals surface area contributed by atoms with Crippen molar-refractivity contribution in [1.29, 1.82) is 0 Å². The Morgan fingerprint density at radius 1 is 0.895 bits per heavy atom. The van der Waals surface area contributed by atoms with Crippen molar-refractivity contribution in [3.63, 3.8) is 0 Å². The molecule has 0 aliphatic heterocycles. The topological polar surface area (TPSA) is 20.2 Å². The van der Waals surface area contributed by atoms with E-state index in [0.717, 1.165) is 0 Å². The maximum Gasteiger partial charge on any atom is 0.0921 e. The van der Waals surface area contributed by atoms with Crippen LogP contribution in [0, 0.1) is 29.6 Å². The van der Waals surface area contributed by atoms with Crippen molar-refractivity contribution in [3.05, 3.63) is 23.3 Å². The predicted molar refractivity (Wildman–Crippen MR) is 84.0 cm³/mol. The Labute approximate surface area is 119 Å². The molecule has 2 unspecified atom stereocenters. The lowest BCUT2D eigenvalue weighted by atomic mass is 9.66. The van der Waals surface area contributed by atoms with Gasteiger partial charge in [-0.15, -0.1) is 0 Å². The average molecular weight is 264 g/mol. The summed E-state index contributed by atoms with van der Waals surface area (Å²) in [5.41, 5.74) is 2.06. The van der Waals surface area contributed by atoms with E-state index in [-0.39, 0.29) is 11.8 Å². The highest BCUT2D eigenvalue weighted by molar-refractivity contribution is 5.41. The van der Waals surface area contributed by atoms with E-state index in [4.69, 9.17) is 0 Å². The third-order valence-electron chi connectivity index (χ3n) is 4.50. The number of rotatable bonds is 4. The highest BCUT2D eigenvalue weighted by atomic mass is 16.3. The first-order valence-corrected chi connectivity index (χ1v) is 7.78. The first-order chi connectivity index (χ1) is 8.61. The van der Waals surface area contributed by atoms with Gasteiger partial charge in [-0.25, -0.2) is 0 Å². The quantitative estimate of drug-likeness (QED) is 0.771. The van der Waals surface area contributed by atoms with Crippen LogP contribution in [-0.4, -0.2) is 10.7 Å². The largest absolute Gasteiger partial charge is 0.385 e. The predicted octanol–water partition coefficient (Wildman–Crippen LogP) is 4.82. The molecule has 1 aliphatic carbocycles. The van der Waals surface area contributed by atoms with Crippen molar-refractivity contribution in [1.82, 2.24) is 0 Å². The lowest BCUT2D eigenvalue weighted by Gasteiger charge is -2.43. The van der Waals surface area contributed by atoms with Crippen molar-refractivity contribution in [2.75, 3.05) is 0 Å². The van der Waals surface area contributed by atoms with Gasteiger partial charge in [-0.2, -0.15) is 0 Å². The van der Waals surface area contributed by atoms with Crippen molar-refractivity contribution in [3.8, 4) is 0 Å². The molecule has 1 aliphatic rings. The van der Waals surface area contributed by atoms with Crippen LogP contribution in [0.25, 0.3) is 0 Å². The van der Waals surface area contributed by atoms with Crippen molar-refractivity contribution >= 4 is 0 Å². The molecule has 0 fully saturated rings. The third kappa shape index (κ3) is 3.13. The van der Waals surface area contributed by atoms with Crippen LogP contribution in [0.5, 0.6) is 0 Å². The molecule has 0 saturated carbocycles. The Morgan fingerprint density at radius 3 is 1.68 bits per heavy atom. The fourth-order valence-corrected chi connectivity index (χ4v) is 3.16. The minimum atomic E-state index is -0.702. The Morgan fingerprint density at radius 2 is 1.37 bits per heavy atom. The monoisotopic (exact) mass is 264 g/mol. The van der Waals surface area contributed by atoms with Crippen LogP contribution in [0.4, 0.5) is 0 Å². The molecule has 1 rings (SSSR count). The molecule has 1 heteroatoms. The van der Waals surface area contributed by atoms with Crippen LogP contribution in [0.15, 0.2) is 23.3 Å². The van der Waals surface area contributed by atoms with Gasteiger partial charge in [-0.3, -0.25) is 0 Å². The summed E-state index contributed by atoms with van der Waals surface area (Å²) >= 11 is 0. The molecule has 0 spiro atoms. The summed E-state index contributed by atoms with van der Waals surface area (Å²) in [4.78, 5) is 0. The van der Waals surface area contributed by atoms with Gasteiger partial charge in [-0.1, -0.05) is 61.5 Å². The molecule has 0 heterocycles. The lowest BCUT2D eigenvalue weighted by molar-refractivity contribution is -0.0156. The average Bonchev–Trinajstić information content (AvgIpc) is 2.27. The molecule has 19 heavy (non-hydrogen) atoms. The van der Waals surface area contributed by atoms with Gasteiger partial charge in [-0.05, 0) is 40.9 Å². The second-order valence-corrected chi connectivity index (χ2v) is 7.34. The number of hydrogen-bond acceptors (Lipinski definition) is 1. The second kappa shape index (κ2) is 5.83. The van der Waals surface area contributed by atoms with Crippen molar-refractivity contribution in [2.45, 2.75) is 61.0 Å². The van der Waals surface area contributed by atoms with E-state index in [9.17, 15) is 5.11 Å². The highest BCUT2D eigenvalue weighted by Crippen LogP contribution is 2.43. The molecule has 1 nitrogen and oxygen atoms in total. The summed E-state index contributed by atoms with van der Waals surface area (Å²) in [7, 11) is 0. The van der Waals surface area contributed by atoms with E-state index < -0.39 is 5.60 Å². The van der Waals surface area contributed by atoms with Gasteiger partial charge in [0.25, 0.3) is 0 Å². The highest BCUT2D eigenvalue weighted by Gasteiger charge is 2.42. The molecule has 0 aromatic carbocycles. The fourth-order valence-electron chi connectivity index (χ4n) is 3.16. The van der Waals surface area contributed by atoms with Crippen LogP contribution in [0.2, 0.25) is 0 Å². The zero-order valence-electron chi connectivity index (χ0n) is 14.0. The summed E-state index contributed by atoms with van der Waals surface area (Å²) < 4.78 is 0. The molecule has 0 amide bonds. The lowest BCUT2D eigenvalue weighted by Crippen LogP contribution is -2.45. The van der Waals surface area contributed by atoms with E-state index in [1.165, 1.54) is 11.1 Å². The molecule has 0 aromatic heterocycles. The standard InChI is InChI=1S/C18H32O/c1-11(2)15-9-17(13(5)6)18(19,14(7)8)10-16(15)12(3)4/h9-14,17,19H,1-8H3. The molecule has 1 N–H and O–H groups in total. The van der Waals surface area contributed by atoms with Crippen LogP contribution < -0.4 is 0 Å². The zero-order chi connectivity index (χ0) is 15.0. The maximum absolute atomic E-state index is 11.2. The molecule has 0 aromatic rings. The maximum atomic E-state index is 11.2.